The summed E-state index contributed by atoms with van der Waals surface area (Å²) in [6.07, 6.45) is 6.45. The van der Waals surface area contributed by atoms with Gasteiger partial charge in [0, 0.05) is 55.3 Å². The van der Waals surface area contributed by atoms with E-state index in [4.69, 9.17) is 0 Å². The zero-order valence-electron chi connectivity index (χ0n) is 16.4. The first-order valence-corrected chi connectivity index (χ1v) is 9.64. The molecule has 10 nitrogen and oxygen atoms in total. The zero-order chi connectivity index (χ0) is 21.1. The van der Waals surface area contributed by atoms with Gasteiger partial charge in [-0.05, 0) is 25.8 Å². The van der Waals surface area contributed by atoms with Gasteiger partial charge >= 0.3 is 0 Å². The van der Waals surface area contributed by atoms with E-state index >= 15 is 0 Å². The highest BCUT2D eigenvalue weighted by Crippen LogP contribution is 2.25. The summed E-state index contributed by atoms with van der Waals surface area (Å²) in [5.74, 6) is 2.13. The molecular formula is C20H21N7O3. The van der Waals surface area contributed by atoms with E-state index in [-0.39, 0.29) is 17.5 Å². The predicted molar refractivity (Wildman–Crippen MR) is 111 cm³/mol. The molecule has 4 rings (SSSR count). The van der Waals surface area contributed by atoms with Gasteiger partial charge in [0.05, 0.1) is 4.92 Å². The van der Waals surface area contributed by atoms with Crippen LogP contribution in [0.5, 0.6) is 0 Å². The Labute approximate surface area is 172 Å². The van der Waals surface area contributed by atoms with Gasteiger partial charge in [0.15, 0.2) is 0 Å². The van der Waals surface area contributed by atoms with Crippen molar-refractivity contribution in [3.05, 3.63) is 65.0 Å². The lowest BCUT2D eigenvalue weighted by molar-refractivity contribution is -0.384. The lowest BCUT2D eigenvalue weighted by Gasteiger charge is -2.32. The topological polar surface area (TPSA) is 119 Å². The number of anilines is 2. The molecule has 0 aliphatic carbocycles. The molecule has 154 valence electrons. The van der Waals surface area contributed by atoms with E-state index in [1.807, 2.05) is 23.8 Å². The molecule has 3 heterocycles. The van der Waals surface area contributed by atoms with Crippen molar-refractivity contribution in [3.8, 4) is 5.82 Å². The maximum absolute atomic E-state index is 12.6. The number of aryl methyl sites for hydroxylation is 1. The molecule has 0 bridgehead atoms. The number of imidazole rings is 1. The number of piperidine rings is 1. The second-order valence-corrected chi connectivity index (χ2v) is 7.14. The minimum absolute atomic E-state index is 0.0460. The van der Waals surface area contributed by atoms with Crippen LogP contribution in [0.3, 0.4) is 0 Å². The maximum Gasteiger partial charge on any atom is 0.271 e. The number of hydrogen-bond acceptors (Lipinski definition) is 7. The normalized spacial score (nSPS) is 14.5. The lowest BCUT2D eigenvalue weighted by Crippen LogP contribution is -2.38. The Kier molecular flexibility index (Phi) is 5.38. The first-order chi connectivity index (χ1) is 14.5. The Balaban J connectivity index is 1.38. The Morgan fingerprint density at radius 3 is 2.63 bits per heavy atom. The molecule has 0 spiro atoms. The Morgan fingerprint density at radius 2 is 1.93 bits per heavy atom. The average molecular weight is 407 g/mol. The Hall–Kier alpha value is -3.82. The molecular weight excluding hydrogens is 386 g/mol. The van der Waals surface area contributed by atoms with Crippen LogP contribution >= 0.6 is 0 Å². The van der Waals surface area contributed by atoms with Crippen LogP contribution in [0, 0.1) is 23.0 Å². The molecule has 1 aliphatic rings. The second-order valence-electron chi connectivity index (χ2n) is 7.14. The van der Waals surface area contributed by atoms with Crippen molar-refractivity contribution in [2.45, 2.75) is 19.8 Å². The minimum atomic E-state index is -0.477. The number of hydrogen-bond donors (Lipinski definition) is 1. The monoisotopic (exact) mass is 407 g/mol. The second kappa shape index (κ2) is 8.27. The van der Waals surface area contributed by atoms with E-state index in [1.54, 1.807) is 18.3 Å². The van der Waals surface area contributed by atoms with E-state index in [0.717, 1.165) is 17.5 Å². The summed E-state index contributed by atoms with van der Waals surface area (Å²) in [6, 6.07) is 7.90. The number of amides is 1. The van der Waals surface area contributed by atoms with E-state index in [9.17, 15) is 14.9 Å². The predicted octanol–water partition coefficient (Wildman–Crippen LogP) is 2.73. The number of nitro groups is 1. The number of nitro benzene ring substituents is 1. The number of aromatic nitrogens is 4. The van der Waals surface area contributed by atoms with E-state index in [2.05, 4.69) is 25.2 Å². The number of nitrogens with zero attached hydrogens (tertiary/aromatic N) is 6. The fraction of sp³-hybridized carbons (Fsp3) is 0.300. The van der Waals surface area contributed by atoms with Crippen molar-refractivity contribution < 1.29 is 9.72 Å². The summed E-state index contributed by atoms with van der Waals surface area (Å²) >= 11 is 0. The highest BCUT2D eigenvalue weighted by atomic mass is 16.6. The number of benzene rings is 1. The van der Waals surface area contributed by atoms with Gasteiger partial charge in [-0.2, -0.15) is 0 Å². The SMILES string of the molecule is Cc1nccn1-c1cc(N2CCC(C(=O)Nc3cccc([N+](=O)[O-])c3)CC2)ncn1. The van der Waals surface area contributed by atoms with Crippen molar-refractivity contribution in [1.29, 1.82) is 0 Å². The van der Waals surface area contributed by atoms with Crippen LogP contribution in [0.2, 0.25) is 0 Å². The van der Waals surface area contributed by atoms with Crippen molar-refractivity contribution >= 4 is 23.1 Å². The molecule has 1 N–H and O–H groups in total. The first-order valence-electron chi connectivity index (χ1n) is 9.64. The van der Waals surface area contributed by atoms with Gasteiger partial charge in [0.25, 0.3) is 5.69 Å². The number of non-ortho nitro benzene ring substituents is 1. The minimum Gasteiger partial charge on any atom is -0.356 e. The fourth-order valence-electron chi connectivity index (χ4n) is 3.57. The molecule has 2 aromatic heterocycles. The molecule has 0 atom stereocenters. The summed E-state index contributed by atoms with van der Waals surface area (Å²) in [7, 11) is 0. The molecule has 0 unspecified atom stereocenters. The van der Waals surface area contributed by atoms with Gasteiger partial charge in [-0.15, -0.1) is 0 Å². The van der Waals surface area contributed by atoms with Crippen molar-refractivity contribution in [3.63, 3.8) is 0 Å². The molecule has 30 heavy (non-hydrogen) atoms. The van der Waals surface area contributed by atoms with E-state index < -0.39 is 4.92 Å². The van der Waals surface area contributed by atoms with Gasteiger partial charge in [-0.25, -0.2) is 15.0 Å². The number of carbonyl (C=O) groups excluding carboxylic acids is 1. The summed E-state index contributed by atoms with van der Waals surface area (Å²) in [5.41, 5.74) is 0.392. The molecule has 1 fully saturated rings. The summed E-state index contributed by atoms with van der Waals surface area (Å²) in [5, 5.41) is 13.7. The van der Waals surface area contributed by atoms with Crippen LogP contribution in [0.1, 0.15) is 18.7 Å². The maximum atomic E-state index is 12.6. The third kappa shape index (κ3) is 4.12. The number of carbonyl (C=O) groups is 1. The van der Waals surface area contributed by atoms with Gasteiger partial charge in [-0.1, -0.05) is 6.07 Å². The fourth-order valence-corrected chi connectivity index (χ4v) is 3.57. The van der Waals surface area contributed by atoms with Gasteiger partial charge in [0.1, 0.15) is 23.8 Å². The van der Waals surface area contributed by atoms with Crippen LogP contribution in [0.25, 0.3) is 5.82 Å². The van der Waals surface area contributed by atoms with Crippen LogP contribution in [-0.2, 0) is 4.79 Å². The summed E-state index contributed by atoms with van der Waals surface area (Å²) in [4.78, 5) is 38.1. The summed E-state index contributed by atoms with van der Waals surface area (Å²) < 4.78 is 1.89. The largest absolute Gasteiger partial charge is 0.356 e. The smallest absolute Gasteiger partial charge is 0.271 e. The molecule has 1 saturated heterocycles. The number of nitrogens with one attached hydrogen (secondary N) is 1. The first kappa shape index (κ1) is 19.5. The van der Waals surface area contributed by atoms with E-state index in [1.165, 1.54) is 18.5 Å². The average Bonchev–Trinajstić information content (AvgIpc) is 3.20. The van der Waals surface area contributed by atoms with Crippen LogP contribution in [-0.4, -0.2) is 43.4 Å². The Bertz CT molecular complexity index is 1070. The highest BCUT2D eigenvalue weighted by Gasteiger charge is 2.26. The highest BCUT2D eigenvalue weighted by molar-refractivity contribution is 5.93. The standard InChI is InChI=1S/C20H21N7O3/c1-14-21-7-10-26(14)19-12-18(22-13-23-19)25-8-5-15(6-9-25)20(28)24-16-3-2-4-17(11-16)27(29)30/h2-4,7,10-13,15H,5-6,8-9H2,1H3,(H,24,28). The third-order valence-corrected chi connectivity index (χ3v) is 5.23. The Morgan fingerprint density at radius 1 is 1.17 bits per heavy atom. The molecule has 0 radical (unpaired) electrons. The quantitative estimate of drug-likeness (QED) is 0.510. The summed E-state index contributed by atoms with van der Waals surface area (Å²) in [6.45, 7) is 3.28. The molecule has 1 aromatic carbocycles. The number of rotatable bonds is 5. The van der Waals surface area contributed by atoms with Crippen molar-refractivity contribution in [2.75, 3.05) is 23.3 Å². The molecule has 3 aromatic rings. The van der Waals surface area contributed by atoms with Crippen LogP contribution in [0.4, 0.5) is 17.2 Å². The third-order valence-electron chi connectivity index (χ3n) is 5.23. The van der Waals surface area contributed by atoms with Crippen molar-refractivity contribution in [1.82, 2.24) is 19.5 Å². The van der Waals surface area contributed by atoms with Crippen LogP contribution < -0.4 is 10.2 Å². The zero-order valence-corrected chi connectivity index (χ0v) is 16.4. The lowest BCUT2D eigenvalue weighted by atomic mass is 9.96. The van der Waals surface area contributed by atoms with Gasteiger partial charge in [-0.3, -0.25) is 19.5 Å². The molecule has 1 aliphatic heterocycles. The molecule has 10 heteroatoms. The van der Waals surface area contributed by atoms with E-state index in [0.29, 0.717) is 31.6 Å². The van der Waals surface area contributed by atoms with Gasteiger partial charge in [0.2, 0.25) is 5.91 Å². The van der Waals surface area contributed by atoms with Crippen molar-refractivity contribution in [2.24, 2.45) is 5.92 Å². The molecule has 1 amide bonds. The molecule has 0 saturated carbocycles. The van der Waals surface area contributed by atoms with Crippen LogP contribution in [0.15, 0.2) is 49.1 Å². The van der Waals surface area contributed by atoms with Gasteiger partial charge < -0.3 is 10.2 Å².